The van der Waals surface area contributed by atoms with Crippen molar-refractivity contribution in [3.8, 4) is 5.75 Å². The minimum Gasteiger partial charge on any atom is -0.478 e. The number of nitrogens with zero attached hydrogens (tertiary/aromatic N) is 2. The van der Waals surface area contributed by atoms with Crippen molar-refractivity contribution in [2.24, 2.45) is 0 Å². The van der Waals surface area contributed by atoms with Crippen LogP contribution in [0.15, 0.2) is 48.5 Å². The van der Waals surface area contributed by atoms with E-state index in [1.807, 2.05) is 0 Å². The largest absolute Gasteiger partial charge is 0.478 e. The maximum atomic E-state index is 12.2. The molecule has 23 heavy (non-hydrogen) atoms. The van der Waals surface area contributed by atoms with E-state index < -0.39 is 12.1 Å². The quantitative estimate of drug-likeness (QED) is 0.855. The Bertz CT molecular complexity index is 718. The van der Waals surface area contributed by atoms with E-state index in [9.17, 15) is 18.0 Å². The molecule has 0 aliphatic heterocycles. The molecule has 0 radical (unpaired) electrons. The Morgan fingerprint density at radius 2 is 2.00 bits per heavy atom. The number of aromatic carboxylic acids is 1. The van der Waals surface area contributed by atoms with E-state index in [1.54, 1.807) is 12.1 Å². The molecule has 1 aromatic heterocycles. The standard InChI is InChI=1S/C15H13F3N2O3/c1-10(6-15(16,17)18)23-13-4-2-11(3-5-13)8-20-9-12(7-19-20)14(21)22/h2-7,9H,8H2,1H3,(H,21,22)/b10-6+. The van der Waals surface area contributed by atoms with Crippen LogP contribution in [0.1, 0.15) is 22.8 Å². The molecule has 2 rings (SSSR count). The van der Waals surface area contributed by atoms with Crippen molar-refractivity contribution in [1.82, 2.24) is 9.78 Å². The average molecular weight is 326 g/mol. The summed E-state index contributed by atoms with van der Waals surface area (Å²) in [5.74, 6) is -1.05. The Morgan fingerprint density at radius 3 is 2.52 bits per heavy atom. The summed E-state index contributed by atoms with van der Waals surface area (Å²) in [7, 11) is 0. The third-order valence-electron chi connectivity index (χ3n) is 2.79. The normalized spacial score (nSPS) is 12.3. The fourth-order valence-corrected chi connectivity index (χ4v) is 1.86. The molecule has 1 N–H and O–H groups in total. The molecule has 122 valence electrons. The van der Waals surface area contributed by atoms with Crippen LogP contribution in [0, 0.1) is 0 Å². The van der Waals surface area contributed by atoms with Gasteiger partial charge in [0, 0.05) is 6.20 Å². The predicted molar refractivity (Wildman–Crippen MR) is 75.2 cm³/mol. The molecule has 0 aliphatic rings. The lowest BCUT2D eigenvalue weighted by molar-refractivity contribution is -0.0818. The lowest BCUT2D eigenvalue weighted by Crippen LogP contribution is -2.05. The van der Waals surface area contributed by atoms with Gasteiger partial charge in [-0.05, 0) is 24.6 Å². The zero-order valence-corrected chi connectivity index (χ0v) is 12.0. The number of rotatable bonds is 5. The fraction of sp³-hybridized carbons (Fsp3) is 0.200. The van der Waals surface area contributed by atoms with Crippen molar-refractivity contribution < 1.29 is 27.8 Å². The first-order valence-corrected chi connectivity index (χ1v) is 6.52. The summed E-state index contributed by atoms with van der Waals surface area (Å²) in [4.78, 5) is 10.8. The molecule has 0 saturated carbocycles. The first-order chi connectivity index (χ1) is 10.7. The lowest BCUT2D eigenvalue weighted by atomic mass is 10.2. The smallest absolute Gasteiger partial charge is 0.412 e. The van der Waals surface area contributed by atoms with E-state index in [0.29, 0.717) is 6.54 Å². The van der Waals surface area contributed by atoms with E-state index in [-0.39, 0.29) is 23.1 Å². The number of hydrogen-bond donors (Lipinski definition) is 1. The molecule has 2 aromatic rings. The van der Waals surface area contributed by atoms with Crippen LogP contribution >= 0.6 is 0 Å². The zero-order valence-electron chi connectivity index (χ0n) is 12.0. The van der Waals surface area contributed by atoms with Gasteiger partial charge in [-0.25, -0.2) is 4.79 Å². The van der Waals surface area contributed by atoms with Crippen molar-refractivity contribution in [3.63, 3.8) is 0 Å². The monoisotopic (exact) mass is 326 g/mol. The molecule has 0 atom stereocenters. The van der Waals surface area contributed by atoms with Crippen molar-refractivity contribution in [2.75, 3.05) is 0 Å². The molecule has 1 heterocycles. The van der Waals surface area contributed by atoms with Crippen molar-refractivity contribution in [3.05, 3.63) is 59.6 Å². The minimum absolute atomic E-state index is 0.0814. The number of carboxylic acid groups (broad SMARTS) is 1. The highest BCUT2D eigenvalue weighted by Gasteiger charge is 2.24. The first kappa shape index (κ1) is 16.6. The second-order valence-corrected chi connectivity index (χ2v) is 4.77. The van der Waals surface area contributed by atoms with Gasteiger partial charge in [0.05, 0.1) is 24.4 Å². The van der Waals surface area contributed by atoms with Gasteiger partial charge in [-0.3, -0.25) is 4.68 Å². The molecule has 0 amide bonds. The molecule has 5 nitrogen and oxygen atoms in total. The number of aromatic nitrogens is 2. The lowest BCUT2D eigenvalue weighted by Gasteiger charge is -2.08. The van der Waals surface area contributed by atoms with Crippen LogP contribution in [-0.4, -0.2) is 27.0 Å². The number of alkyl halides is 3. The van der Waals surface area contributed by atoms with Crippen LogP contribution in [-0.2, 0) is 6.54 Å². The summed E-state index contributed by atoms with van der Waals surface area (Å²) in [5, 5.41) is 12.7. The zero-order chi connectivity index (χ0) is 17.0. The molecule has 0 bridgehead atoms. The van der Waals surface area contributed by atoms with Crippen LogP contribution in [0.5, 0.6) is 5.75 Å². The molecule has 0 spiro atoms. The summed E-state index contributed by atoms with van der Waals surface area (Å²) >= 11 is 0. The number of hydrogen-bond acceptors (Lipinski definition) is 3. The molecule has 0 aliphatic carbocycles. The third kappa shape index (κ3) is 5.17. The fourth-order valence-electron chi connectivity index (χ4n) is 1.86. The molecular formula is C15H13F3N2O3. The molecule has 0 unspecified atom stereocenters. The highest BCUT2D eigenvalue weighted by Crippen LogP contribution is 2.21. The topological polar surface area (TPSA) is 64.3 Å². The van der Waals surface area contributed by atoms with E-state index in [0.717, 1.165) is 5.56 Å². The van der Waals surface area contributed by atoms with Gasteiger partial charge in [0.25, 0.3) is 0 Å². The number of ether oxygens (including phenoxy) is 1. The van der Waals surface area contributed by atoms with Crippen molar-refractivity contribution >= 4 is 5.97 Å². The summed E-state index contributed by atoms with van der Waals surface area (Å²) < 4.78 is 43.0. The second kappa shape index (κ2) is 6.55. The maximum absolute atomic E-state index is 12.2. The van der Waals surface area contributed by atoms with Crippen LogP contribution in [0.3, 0.4) is 0 Å². The van der Waals surface area contributed by atoms with Gasteiger partial charge in [0.1, 0.15) is 11.5 Å². The Balaban J connectivity index is 2.01. The van der Waals surface area contributed by atoms with E-state index >= 15 is 0 Å². The van der Waals surface area contributed by atoms with Gasteiger partial charge in [-0.15, -0.1) is 0 Å². The van der Waals surface area contributed by atoms with Crippen LogP contribution < -0.4 is 4.74 Å². The van der Waals surface area contributed by atoms with Crippen molar-refractivity contribution in [1.29, 1.82) is 0 Å². The summed E-state index contributed by atoms with van der Waals surface area (Å²) in [6.45, 7) is 1.56. The summed E-state index contributed by atoms with van der Waals surface area (Å²) in [6, 6.07) is 6.39. The van der Waals surface area contributed by atoms with E-state index in [4.69, 9.17) is 9.84 Å². The van der Waals surface area contributed by atoms with Gasteiger partial charge in [-0.1, -0.05) is 12.1 Å². The molecule has 8 heteroatoms. The van der Waals surface area contributed by atoms with Crippen LogP contribution in [0.4, 0.5) is 13.2 Å². The highest BCUT2D eigenvalue weighted by molar-refractivity contribution is 5.86. The molecular weight excluding hydrogens is 313 g/mol. The Labute approximate surface area is 129 Å². The van der Waals surface area contributed by atoms with Crippen LogP contribution in [0.2, 0.25) is 0 Å². The number of halogens is 3. The van der Waals surface area contributed by atoms with Gasteiger partial charge in [0.2, 0.25) is 0 Å². The SMILES string of the molecule is C/C(=C\C(F)(F)F)Oc1ccc(Cn2cc(C(=O)O)cn2)cc1. The van der Waals surface area contributed by atoms with Gasteiger partial charge >= 0.3 is 12.1 Å². The maximum Gasteiger partial charge on any atom is 0.412 e. The third-order valence-corrected chi connectivity index (χ3v) is 2.79. The number of carboxylic acids is 1. The van der Waals surface area contributed by atoms with E-state index in [2.05, 4.69) is 5.10 Å². The Hall–Kier alpha value is -2.77. The molecule has 1 aromatic carbocycles. The van der Waals surface area contributed by atoms with Gasteiger partial charge < -0.3 is 9.84 Å². The summed E-state index contributed by atoms with van der Waals surface area (Å²) in [5.41, 5.74) is 0.882. The predicted octanol–water partition coefficient (Wildman–Crippen LogP) is 3.47. The van der Waals surface area contributed by atoms with E-state index in [1.165, 1.54) is 36.1 Å². The highest BCUT2D eigenvalue weighted by atomic mass is 19.4. The van der Waals surface area contributed by atoms with Gasteiger partial charge in [-0.2, -0.15) is 18.3 Å². The number of carbonyl (C=O) groups is 1. The number of allylic oxidation sites excluding steroid dienone is 2. The minimum atomic E-state index is -4.42. The number of benzene rings is 1. The van der Waals surface area contributed by atoms with Crippen molar-refractivity contribution in [2.45, 2.75) is 19.6 Å². The Kier molecular flexibility index (Phi) is 4.73. The summed E-state index contributed by atoms with van der Waals surface area (Å²) in [6.07, 6.45) is -1.71. The molecule has 0 saturated heterocycles. The molecule has 0 fully saturated rings. The van der Waals surface area contributed by atoms with Gasteiger partial charge in [0.15, 0.2) is 0 Å². The van der Waals surface area contributed by atoms with Crippen LogP contribution in [0.25, 0.3) is 0 Å². The Morgan fingerprint density at radius 1 is 1.35 bits per heavy atom. The average Bonchev–Trinajstić information content (AvgIpc) is 2.87. The second-order valence-electron chi connectivity index (χ2n) is 4.77. The first-order valence-electron chi connectivity index (χ1n) is 6.52.